The molecule has 2 aromatic rings. The van der Waals surface area contributed by atoms with Crippen LogP contribution < -0.4 is 14.4 Å². The fourth-order valence-corrected chi connectivity index (χ4v) is 6.24. The molecule has 52 heavy (non-hydrogen) atoms. The minimum Gasteiger partial charge on any atom is -0.494 e. The summed E-state index contributed by atoms with van der Waals surface area (Å²) < 4.78 is 46.2. The second kappa shape index (κ2) is 21.2. The maximum atomic E-state index is 13.5. The minimum atomic E-state index is -1.08. The molecule has 290 valence electrons. The number of rotatable bonds is 20. The van der Waals surface area contributed by atoms with Gasteiger partial charge in [0.15, 0.2) is 0 Å². The summed E-state index contributed by atoms with van der Waals surface area (Å²) in [6.07, 6.45) is -0.852. The predicted molar refractivity (Wildman–Crippen MR) is 195 cm³/mol. The van der Waals surface area contributed by atoms with Gasteiger partial charge in [0.05, 0.1) is 69.4 Å². The van der Waals surface area contributed by atoms with E-state index < -0.39 is 36.7 Å². The first-order valence-corrected chi connectivity index (χ1v) is 18.4. The molecule has 2 aliphatic heterocycles. The molecule has 13 nitrogen and oxygen atoms in total. The fourth-order valence-electron chi connectivity index (χ4n) is 6.24. The zero-order chi connectivity index (χ0) is 37.5. The number of nitrogens with zero attached hydrogens (tertiary/aromatic N) is 2. The summed E-state index contributed by atoms with van der Waals surface area (Å²) in [4.78, 5) is 29.5. The molecule has 0 radical (unpaired) electrons. The molecular weight excluding hydrogens is 672 g/mol. The Kier molecular flexibility index (Phi) is 16.8. The lowest BCUT2D eigenvalue weighted by atomic mass is 9.84. The molecule has 4 rings (SSSR count). The Labute approximate surface area is 308 Å². The number of amides is 1. The lowest BCUT2D eigenvalue weighted by Crippen LogP contribution is -2.55. The van der Waals surface area contributed by atoms with Crippen LogP contribution >= 0.6 is 0 Å². The van der Waals surface area contributed by atoms with Crippen LogP contribution in [0.25, 0.3) is 0 Å². The molecule has 0 bridgehead atoms. The molecule has 0 aromatic heterocycles. The zero-order valence-corrected chi connectivity index (χ0v) is 31.6. The number of hydrogen-bond acceptors (Lipinski definition) is 12. The molecule has 1 amide bonds. The van der Waals surface area contributed by atoms with Gasteiger partial charge >= 0.3 is 12.1 Å². The van der Waals surface area contributed by atoms with Crippen molar-refractivity contribution in [1.29, 1.82) is 0 Å². The van der Waals surface area contributed by atoms with Crippen LogP contribution in [0, 0.1) is 5.92 Å². The zero-order valence-electron chi connectivity index (χ0n) is 31.6. The van der Waals surface area contributed by atoms with Crippen LogP contribution in [0.2, 0.25) is 0 Å². The number of piperidine rings is 1. The van der Waals surface area contributed by atoms with Crippen molar-refractivity contribution in [3.63, 3.8) is 0 Å². The number of benzene rings is 2. The average molecular weight is 731 g/mol. The molecule has 0 saturated carbocycles. The number of aliphatic hydroxyl groups is 1. The van der Waals surface area contributed by atoms with Crippen molar-refractivity contribution in [2.75, 3.05) is 78.3 Å². The SMILES string of the molecule is COCCCCOc1ccc([C@@H]2[C@@H](OCc3ccc4c(c3)N(CCCOC)CCO4)CN(C(=O)OC(C)OC(=O)C(C)C)C[C@H]2OCC(C)O)cc1. The second-order valence-electron chi connectivity index (χ2n) is 13.6. The third kappa shape index (κ3) is 12.5. The van der Waals surface area contributed by atoms with Crippen LogP contribution in [0.1, 0.15) is 64.0 Å². The predicted octanol–water partition coefficient (Wildman–Crippen LogP) is 5.16. The van der Waals surface area contributed by atoms with Crippen LogP contribution in [-0.2, 0) is 39.8 Å². The molecule has 1 N–H and O–H groups in total. The maximum absolute atomic E-state index is 13.5. The summed E-state index contributed by atoms with van der Waals surface area (Å²) >= 11 is 0. The third-order valence-electron chi connectivity index (χ3n) is 8.93. The number of anilines is 1. The van der Waals surface area contributed by atoms with Gasteiger partial charge in [0.25, 0.3) is 0 Å². The smallest absolute Gasteiger partial charge is 0.413 e. The van der Waals surface area contributed by atoms with E-state index in [-0.39, 0.29) is 38.1 Å². The van der Waals surface area contributed by atoms with Crippen molar-refractivity contribution in [2.45, 2.75) is 84.1 Å². The molecule has 1 saturated heterocycles. The van der Waals surface area contributed by atoms with Gasteiger partial charge < -0.3 is 52.8 Å². The molecule has 0 spiro atoms. The van der Waals surface area contributed by atoms with Crippen LogP contribution in [0.15, 0.2) is 42.5 Å². The first-order chi connectivity index (χ1) is 25.1. The molecule has 13 heteroatoms. The topological polar surface area (TPSA) is 135 Å². The number of unbranched alkanes of at least 4 members (excludes halogenated alkanes) is 1. The Morgan fingerprint density at radius 3 is 2.27 bits per heavy atom. The van der Waals surface area contributed by atoms with Gasteiger partial charge in [-0.05, 0) is 61.6 Å². The van der Waals surface area contributed by atoms with Crippen molar-refractivity contribution in [2.24, 2.45) is 5.92 Å². The quantitative estimate of drug-likeness (QED) is 0.110. The Morgan fingerprint density at radius 1 is 0.885 bits per heavy atom. The number of esters is 1. The van der Waals surface area contributed by atoms with E-state index in [4.69, 9.17) is 37.9 Å². The van der Waals surface area contributed by atoms with Crippen LogP contribution in [0.4, 0.5) is 10.5 Å². The fraction of sp³-hybridized carbons (Fsp3) is 0.641. The molecule has 0 aliphatic carbocycles. The summed E-state index contributed by atoms with van der Waals surface area (Å²) in [5.74, 6) is 0.441. The number of likely N-dealkylation sites (tertiary alicyclic amines) is 1. The molecular formula is C39H58N2O11. The summed E-state index contributed by atoms with van der Waals surface area (Å²) in [7, 11) is 3.40. The van der Waals surface area contributed by atoms with E-state index >= 15 is 0 Å². The third-order valence-corrected chi connectivity index (χ3v) is 8.93. The van der Waals surface area contributed by atoms with E-state index in [9.17, 15) is 14.7 Å². The lowest BCUT2D eigenvalue weighted by Gasteiger charge is -2.43. The van der Waals surface area contributed by atoms with Gasteiger partial charge in [0.1, 0.15) is 18.1 Å². The van der Waals surface area contributed by atoms with Gasteiger partial charge in [-0.1, -0.05) is 32.0 Å². The summed E-state index contributed by atoms with van der Waals surface area (Å²) in [5, 5.41) is 10.2. The van der Waals surface area contributed by atoms with Gasteiger partial charge in [-0.25, -0.2) is 4.79 Å². The average Bonchev–Trinajstić information content (AvgIpc) is 3.13. The molecule has 2 aliphatic rings. The molecule has 2 aromatic carbocycles. The summed E-state index contributed by atoms with van der Waals surface area (Å²) in [5.41, 5.74) is 2.91. The number of carbonyl (C=O) groups is 2. The Bertz CT molecular complexity index is 1370. The van der Waals surface area contributed by atoms with Gasteiger partial charge in [0, 0.05) is 46.8 Å². The lowest BCUT2D eigenvalue weighted by molar-refractivity contribution is -0.171. The van der Waals surface area contributed by atoms with E-state index in [0.717, 1.165) is 60.7 Å². The maximum Gasteiger partial charge on any atom is 0.413 e. The van der Waals surface area contributed by atoms with Crippen molar-refractivity contribution >= 4 is 17.7 Å². The standard InChI is InChI=1S/C39H58N2O11/c1-27(2)38(43)51-29(4)52-39(44)41-23-35(49-25-28(3)42)37(31-11-13-32(14-12-31)47-20-8-7-18-45-5)36(24-41)50-26-30-10-15-34-33(22-30)40(17-21-48-34)16-9-19-46-6/h10-15,22,27-29,35-37,42H,7-9,16-21,23-26H2,1-6H3/t28?,29?,35-,36+,37+/m1/s1. The number of ether oxygens (including phenoxy) is 8. The summed E-state index contributed by atoms with van der Waals surface area (Å²) in [6, 6.07) is 13.9. The van der Waals surface area contributed by atoms with Gasteiger partial charge in [-0.2, -0.15) is 0 Å². The highest BCUT2D eigenvalue weighted by Crippen LogP contribution is 2.36. The molecule has 2 unspecified atom stereocenters. The number of methoxy groups -OCH3 is 2. The number of carbonyl (C=O) groups excluding carboxylic acids is 2. The van der Waals surface area contributed by atoms with E-state index in [1.54, 1.807) is 35.0 Å². The largest absolute Gasteiger partial charge is 0.494 e. The number of hydrogen-bond donors (Lipinski definition) is 1. The molecule has 5 atom stereocenters. The first kappa shape index (κ1) is 41.1. The van der Waals surface area contributed by atoms with Crippen molar-refractivity contribution in [3.8, 4) is 11.5 Å². The van der Waals surface area contributed by atoms with Gasteiger partial charge in [-0.3, -0.25) is 4.79 Å². The van der Waals surface area contributed by atoms with E-state index in [1.807, 2.05) is 36.4 Å². The normalized spacial score (nSPS) is 19.8. The van der Waals surface area contributed by atoms with Crippen LogP contribution in [0.3, 0.4) is 0 Å². The summed E-state index contributed by atoms with van der Waals surface area (Å²) in [6.45, 7) is 11.5. The molecule has 1 fully saturated rings. The number of aliphatic hydroxyl groups excluding tert-OH is 1. The highest BCUT2D eigenvalue weighted by molar-refractivity contribution is 5.72. The van der Waals surface area contributed by atoms with Crippen LogP contribution in [0.5, 0.6) is 11.5 Å². The van der Waals surface area contributed by atoms with Gasteiger partial charge in [0.2, 0.25) is 6.29 Å². The molecule has 2 heterocycles. The van der Waals surface area contributed by atoms with E-state index in [2.05, 4.69) is 11.0 Å². The Morgan fingerprint density at radius 2 is 1.58 bits per heavy atom. The van der Waals surface area contributed by atoms with Crippen molar-refractivity contribution < 1.29 is 52.6 Å². The van der Waals surface area contributed by atoms with E-state index in [1.165, 1.54) is 11.8 Å². The number of fused-ring (bicyclic) bond motifs is 1. The highest BCUT2D eigenvalue weighted by Gasteiger charge is 2.42. The van der Waals surface area contributed by atoms with E-state index in [0.29, 0.717) is 26.4 Å². The van der Waals surface area contributed by atoms with Crippen LogP contribution in [-0.4, -0.2) is 120 Å². The Balaban J connectivity index is 1.57. The monoisotopic (exact) mass is 730 g/mol. The second-order valence-corrected chi connectivity index (χ2v) is 13.6. The van der Waals surface area contributed by atoms with Crippen molar-refractivity contribution in [1.82, 2.24) is 4.90 Å². The highest BCUT2D eigenvalue weighted by atomic mass is 16.7. The first-order valence-electron chi connectivity index (χ1n) is 18.4. The minimum absolute atomic E-state index is 0.0611. The Hall–Kier alpha value is -3.62. The van der Waals surface area contributed by atoms with Gasteiger partial charge in [-0.15, -0.1) is 0 Å². The van der Waals surface area contributed by atoms with Crippen molar-refractivity contribution in [3.05, 3.63) is 53.6 Å².